The zero-order valence-corrected chi connectivity index (χ0v) is 17.1. The second kappa shape index (κ2) is 8.10. The molecule has 1 saturated carbocycles. The number of nitrogens with one attached hydrogen (secondary N) is 1. The van der Waals surface area contributed by atoms with Gasteiger partial charge in [0.05, 0.1) is 22.6 Å². The van der Waals surface area contributed by atoms with E-state index in [9.17, 15) is 9.59 Å². The van der Waals surface area contributed by atoms with Gasteiger partial charge in [0.2, 0.25) is 5.91 Å². The summed E-state index contributed by atoms with van der Waals surface area (Å²) in [7, 11) is 0. The van der Waals surface area contributed by atoms with Crippen LogP contribution < -0.4 is 11.1 Å². The Balaban J connectivity index is 1.65. The molecule has 0 radical (unpaired) electrons. The van der Waals surface area contributed by atoms with Gasteiger partial charge < -0.3 is 20.5 Å². The Morgan fingerprint density at radius 3 is 2.83 bits per heavy atom. The van der Waals surface area contributed by atoms with E-state index in [1.165, 1.54) is 0 Å². The van der Waals surface area contributed by atoms with Crippen LogP contribution in [0.1, 0.15) is 73.1 Å². The Hall–Kier alpha value is -2.48. The number of hydrogen-bond acceptors (Lipinski definition) is 6. The van der Waals surface area contributed by atoms with Crippen LogP contribution in [0.25, 0.3) is 11.1 Å². The number of fused-ring (bicyclic) bond motifs is 1. The molecule has 8 nitrogen and oxygen atoms in total. The largest absolute Gasteiger partial charge is 0.355 e. The normalized spacial score (nSPS) is 19.7. The molecule has 0 bridgehead atoms. The molecular weight excluding hydrogens is 370 g/mol. The highest BCUT2D eigenvalue weighted by Gasteiger charge is 2.33. The van der Waals surface area contributed by atoms with Crippen LogP contribution in [-0.2, 0) is 4.79 Å². The number of nitrogens with zero attached hydrogens (tertiary/aromatic N) is 3. The van der Waals surface area contributed by atoms with E-state index in [0.29, 0.717) is 48.8 Å². The number of amides is 2. The van der Waals surface area contributed by atoms with Crippen molar-refractivity contribution in [1.82, 2.24) is 20.4 Å². The van der Waals surface area contributed by atoms with Crippen LogP contribution in [0, 0.1) is 5.92 Å². The maximum absolute atomic E-state index is 13.5. The van der Waals surface area contributed by atoms with Crippen molar-refractivity contribution in [2.75, 3.05) is 26.2 Å². The molecule has 2 amide bonds. The fourth-order valence-electron chi connectivity index (χ4n) is 4.03. The van der Waals surface area contributed by atoms with Gasteiger partial charge in [-0.3, -0.25) is 9.59 Å². The zero-order valence-electron chi connectivity index (χ0n) is 17.1. The number of aromatic nitrogens is 2. The molecule has 0 aromatic carbocycles. The van der Waals surface area contributed by atoms with Crippen LogP contribution in [0.2, 0.25) is 0 Å². The summed E-state index contributed by atoms with van der Waals surface area (Å²) in [6.45, 7) is 5.98. The van der Waals surface area contributed by atoms with E-state index < -0.39 is 0 Å². The summed E-state index contributed by atoms with van der Waals surface area (Å²) in [4.78, 5) is 32.3. The molecule has 4 rings (SSSR count). The first kappa shape index (κ1) is 19.8. The lowest BCUT2D eigenvalue weighted by Crippen LogP contribution is -2.46. The molecule has 1 atom stereocenters. The molecular formula is C21H29N5O3. The highest BCUT2D eigenvalue weighted by Crippen LogP contribution is 2.41. The number of hydrogen-bond donors (Lipinski definition) is 2. The summed E-state index contributed by atoms with van der Waals surface area (Å²) >= 11 is 0. The smallest absolute Gasteiger partial charge is 0.259 e. The van der Waals surface area contributed by atoms with E-state index in [0.717, 1.165) is 37.1 Å². The van der Waals surface area contributed by atoms with Crippen molar-refractivity contribution in [2.45, 2.75) is 51.4 Å². The Labute approximate surface area is 170 Å². The van der Waals surface area contributed by atoms with Gasteiger partial charge in [0, 0.05) is 37.8 Å². The molecule has 3 N–H and O–H groups in total. The lowest BCUT2D eigenvalue weighted by molar-refractivity contribution is -0.126. The molecule has 156 valence electrons. The summed E-state index contributed by atoms with van der Waals surface area (Å²) in [5.41, 5.74) is 8.19. The SMILES string of the molecule is CC(C)c1noc2nc(C3CC3)cc(C(=O)N3CCCC(C(=O)NCCN)C3)c12. The number of carbonyl (C=O) groups excluding carboxylic acids is 2. The molecule has 29 heavy (non-hydrogen) atoms. The predicted molar refractivity (Wildman–Crippen MR) is 109 cm³/mol. The fraction of sp³-hybridized carbons (Fsp3) is 0.619. The van der Waals surface area contributed by atoms with Gasteiger partial charge in [-0.25, -0.2) is 4.98 Å². The molecule has 8 heteroatoms. The number of pyridine rings is 1. The zero-order chi connectivity index (χ0) is 20.5. The van der Waals surface area contributed by atoms with Crippen LogP contribution in [0.5, 0.6) is 0 Å². The molecule has 1 aliphatic heterocycles. The first-order valence-electron chi connectivity index (χ1n) is 10.6. The van der Waals surface area contributed by atoms with E-state index in [4.69, 9.17) is 10.3 Å². The number of carbonyl (C=O) groups is 2. The van der Waals surface area contributed by atoms with Crippen molar-refractivity contribution < 1.29 is 14.1 Å². The highest BCUT2D eigenvalue weighted by molar-refractivity contribution is 6.06. The fourth-order valence-corrected chi connectivity index (χ4v) is 4.03. The van der Waals surface area contributed by atoms with Crippen molar-refractivity contribution in [3.63, 3.8) is 0 Å². The third kappa shape index (κ3) is 3.99. The van der Waals surface area contributed by atoms with Crippen molar-refractivity contribution in [3.8, 4) is 0 Å². The van der Waals surface area contributed by atoms with E-state index >= 15 is 0 Å². The lowest BCUT2D eigenvalue weighted by Gasteiger charge is -2.32. The molecule has 3 heterocycles. The summed E-state index contributed by atoms with van der Waals surface area (Å²) in [6, 6.07) is 1.92. The predicted octanol–water partition coefficient (Wildman–Crippen LogP) is 2.15. The molecule has 1 saturated heterocycles. The van der Waals surface area contributed by atoms with E-state index in [1.807, 2.05) is 19.9 Å². The second-order valence-corrected chi connectivity index (χ2v) is 8.44. The molecule has 0 spiro atoms. The van der Waals surface area contributed by atoms with Gasteiger partial charge in [0.15, 0.2) is 0 Å². The first-order valence-corrected chi connectivity index (χ1v) is 10.6. The van der Waals surface area contributed by atoms with E-state index in [-0.39, 0.29) is 23.7 Å². The average molecular weight is 399 g/mol. The van der Waals surface area contributed by atoms with Gasteiger partial charge in [-0.2, -0.15) is 0 Å². The van der Waals surface area contributed by atoms with Crippen LogP contribution >= 0.6 is 0 Å². The highest BCUT2D eigenvalue weighted by atomic mass is 16.5. The molecule has 2 fully saturated rings. The van der Waals surface area contributed by atoms with E-state index in [2.05, 4.69) is 15.5 Å². The van der Waals surface area contributed by atoms with Crippen molar-refractivity contribution in [2.24, 2.45) is 11.7 Å². The van der Waals surface area contributed by atoms with Crippen LogP contribution in [0.3, 0.4) is 0 Å². The van der Waals surface area contributed by atoms with Crippen LogP contribution in [0.15, 0.2) is 10.6 Å². The van der Waals surface area contributed by atoms with Gasteiger partial charge in [0.25, 0.3) is 11.6 Å². The van der Waals surface area contributed by atoms with Gasteiger partial charge >= 0.3 is 0 Å². The van der Waals surface area contributed by atoms with Crippen LogP contribution in [0.4, 0.5) is 0 Å². The molecule has 2 aromatic heterocycles. The number of likely N-dealkylation sites (tertiary alicyclic amines) is 1. The maximum Gasteiger partial charge on any atom is 0.259 e. The Bertz CT molecular complexity index is 918. The quantitative estimate of drug-likeness (QED) is 0.769. The van der Waals surface area contributed by atoms with Gasteiger partial charge in [-0.1, -0.05) is 19.0 Å². The number of piperidine rings is 1. The second-order valence-electron chi connectivity index (χ2n) is 8.44. The summed E-state index contributed by atoms with van der Waals surface area (Å²) in [5, 5.41) is 7.75. The van der Waals surface area contributed by atoms with Gasteiger partial charge in [0.1, 0.15) is 0 Å². The standard InChI is InChI=1S/C21H29N5O3/c1-12(2)18-17-15(10-16(13-5-6-13)24-20(17)29-25-18)21(28)26-9-3-4-14(11-26)19(27)23-8-7-22/h10,12-14H,3-9,11,22H2,1-2H3,(H,23,27). The molecule has 1 aliphatic carbocycles. The summed E-state index contributed by atoms with van der Waals surface area (Å²) < 4.78 is 5.50. The molecule has 1 unspecified atom stereocenters. The van der Waals surface area contributed by atoms with Gasteiger partial charge in [-0.05, 0) is 37.7 Å². The van der Waals surface area contributed by atoms with Crippen molar-refractivity contribution >= 4 is 22.9 Å². The third-order valence-electron chi connectivity index (χ3n) is 5.79. The first-order chi connectivity index (χ1) is 14.0. The minimum absolute atomic E-state index is 0.0284. The van der Waals surface area contributed by atoms with Crippen LogP contribution in [-0.4, -0.2) is 53.0 Å². The van der Waals surface area contributed by atoms with Crippen molar-refractivity contribution in [3.05, 3.63) is 23.0 Å². The Morgan fingerprint density at radius 1 is 1.34 bits per heavy atom. The summed E-state index contributed by atoms with van der Waals surface area (Å²) in [5.74, 6) is 0.216. The maximum atomic E-state index is 13.5. The lowest BCUT2D eigenvalue weighted by atomic mass is 9.95. The van der Waals surface area contributed by atoms with Gasteiger partial charge in [-0.15, -0.1) is 0 Å². The third-order valence-corrected chi connectivity index (χ3v) is 5.79. The van der Waals surface area contributed by atoms with E-state index in [1.54, 1.807) is 4.90 Å². The topological polar surface area (TPSA) is 114 Å². The minimum atomic E-state index is -0.202. The monoisotopic (exact) mass is 399 g/mol. The Kier molecular flexibility index (Phi) is 5.54. The minimum Gasteiger partial charge on any atom is -0.355 e. The molecule has 2 aromatic rings. The number of nitrogens with two attached hydrogens (primary N) is 1. The molecule has 2 aliphatic rings. The average Bonchev–Trinajstić information content (AvgIpc) is 3.49. The number of rotatable bonds is 6. The Morgan fingerprint density at radius 2 is 2.14 bits per heavy atom. The van der Waals surface area contributed by atoms with Crippen molar-refractivity contribution in [1.29, 1.82) is 0 Å². The summed E-state index contributed by atoms with van der Waals surface area (Å²) in [6.07, 6.45) is 3.76.